The molecule has 1 aromatic heterocycles. The van der Waals surface area contributed by atoms with E-state index < -0.39 is 25.9 Å². The molecule has 1 N–H and O–H groups in total. The highest BCUT2D eigenvalue weighted by Crippen LogP contribution is 2.54. The molecule has 0 atom stereocenters. The summed E-state index contributed by atoms with van der Waals surface area (Å²) in [6.45, 7) is 1.36. The molecule has 2 fully saturated rings. The number of hydrogen-bond donors (Lipinski definition) is 1. The van der Waals surface area contributed by atoms with Crippen LogP contribution in [0.15, 0.2) is 38.8 Å². The minimum Gasteiger partial charge on any atom is -0.367 e. The summed E-state index contributed by atoms with van der Waals surface area (Å²) in [6.07, 6.45) is 4.39. The maximum absolute atomic E-state index is 14.7. The summed E-state index contributed by atoms with van der Waals surface area (Å²) in [5.41, 5.74) is 0.814. The average Bonchev–Trinajstić information content (AvgIpc) is 3.22. The van der Waals surface area contributed by atoms with Crippen LogP contribution in [-0.4, -0.2) is 48.3 Å². The van der Waals surface area contributed by atoms with Gasteiger partial charge in [0.1, 0.15) is 14.2 Å². The molecule has 1 saturated carbocycles. The number of benzene rings is 1. The average molecular weight is 474 g/mol. The van der Waals surface area contributed by atoms with E-state index in [4.69, 9.17) is 0 Å². The van der Waals surface area contributed by atoms with E-state index in [2.05, 4.69) is 4.72 Å². The Kier molecular flexibility index (Phi) is 5.36. The van der Waals surface area contributed by atoms with Crippen molar-refractivity contribution in [1.82, 2.24) is 4.31 Å². The van der Waals surface area contributed by atoms with Crippen molar-refractivity contribution in [2.75, 3.05) is 36.8 Å². The van der Waals surface area contributed by atoms with Gasteiger partial charge in [0.2, 0.25) is 0 Å². The van der Waals surface area contributed by atoms with Gasteiger partial charge in [0.15, 0.2) is 0 Å². The highest BCUT2D eigenvalue weighted by atomic mass is 32.3. The second-order valence-corrected chi connectivity index (χ2v) is 13.5. The lowest BCUT2D eigenvalue weighted by atomic mass is 9.93. The summed E-state index contributed by atoms with van der Waals surface area (Å²) in [5, 5.41) is 0. The zero-order valence-corrected chi connectivity index (χ0v) is 19.2. The molecule has 0 bridgehead atoms. The van der Waals surface area contributed by atoms with Gasteiger partial charge in [-0.2, -0.15) is 0 Å². The normalized spacial score (nSPS) is 18.7. The quantitative estimate of drug-likeness (QED) is 0.696. The zero-order chi connectivity index (χ0) is 21.7. The number of piperidine rings is 1. The standard InChI is InChI=1S/C19H24FN3O4S3/c1-22(2)30(26,27)17-7-6-16(28-17)29(24,25)21-15-5-3-4-14(20)18(15)23-12-10-19(8-9-19)11-13-23/h3-7,21H,8-13H2,1-2H3. The summed E-state index contributed by atoms with van der Waals surface area (Å²) in [6, 6.07) is 6.82. The van der Waals surface area contributed by atoms with Crippen molar-refractivity contribution < 1.29 is 21.2 Å². The van der Waals surface area contributed by atoms with Gasteiger partial charge in [0.25, 0.3) is 20.0 Å². The van der Waals surface area contributed by atoms with Crippen LogP contribution < -0.4 is 9.62 Å². The molecule has 164 valence electrons. The lowest BCUT2D eigenvalue weighted by Crippen LogP contribution is -2.35. The first-order chi connectivity index (χ1) is 14.0. The van der Waals surface area contributed by atoms with Crippen LogP contribution in [0.4, 0.5) is 15.8 Å². The van der Waals surface area contributed by atoms with Gasteiger partial charge in [-0.15, -0.1) is 11.3 Å². The van der Waals surface area contributed by atoms with Crippen LogP contribution in [0.25, 0.3) is 0 Å². The van der Waals surface area contributed by atoms with Crippen LogP contribution in [0.2, 0.25) is 0 Å². The molecule has 1 aliphatic carbocycles. The molecular weight excluding hydrogens is 449 g/mol. The van der Waals surface area contributed by atoms with Gasteiger partial charge < -0.3 is 4.90 Å². The van der Waals surface area contributed by atoms with E-state index in [1.165, 1.54) is 57.3 Å². The fraction of sp³-hybridized carbons (Fsp3) is 0.474. The van der Waals surface area contributed by atoms with Crippen LogP contribution in [-0.2, 0) is 20.0 Å². The minimum atomic E-state index is -4.07. The van der Waals surface area contributed by atoms with Crippen molar-refractivity contribution in [2.24, 2.45) is 5.41 Å². The van der Waals surface area contributed by atoms with Gasteiger partial charge in [-0.1, -0.05) is 6.07 Å². The smallest absolute Gasteiger partial charge is 0.271 e. The van der Waals surface area contributed by atoms with Crippen molar-refractivity contribution in [1.29, 1.82) is 0 Å². The fourth-order valence-corrected chi connectivity index (χ4v) is 7.76. The number of nitrogens with one attached hydrogen (secondary N) is 1. The van der Waals surface area contributed by atoms with Gasteiger partial charge in [0, 0.05) is 27.2 Å². The molecule has 7 nitrogen and oxygen atoms in total. The first-order valence-electron chi connectivity index (χ1n) is 9.63. The Bertz CT molecular complexity index is 1160. The third-order valence-corrected chi connectivity index (χ3v) is 11.1. The number of anilines is 2. The van der Waals surface area contributed by atoms with Crippen LogP contribution in [0.5, 0.6) is 0 Å². The van der Waals surface area contributed by atoms with E-state index >= 15 is 0 Å². The monoisotopic (exact) mass is 473 g/mol. The Morgan fingerprint density at radius 1 is 1.00 bits per heavy atom. The van der Waals surface area contributed by atoms with E-state index in [1.54, 1.807) is 0 Å². The van der Waals surface area contributed by atoms with Gasteiger partial charge >= 0.3 is 0 Å². The van der Waals surface area contributed by atoms with Gasteiger partial charge in [0.05, 0.1) is 11.4 Å². The molecule has 30 heavy (non-hydrogen) atoms. The highest BCUT2D eigenvalue weighted by Gasteiger charge is 2.45. The fourth-order valence-electron chi connectivity index (χ4n) is 3.76. The Hall–Kier alpha value is -1.69. The van der Waals surface area contributed by atoms with E-state index in [0.717, 1.165) is 17.1 Å². The Balaban J connectivity index is 1.61. The van der Waals surface area contributed by atoms with Crippen LogP contribution >= 0.6 is 11.3 Å². The molecular formula is C19H24FN3O4S3. The van der Waals surface area contributed by atoms with Crippen molar-refractivity contribution in [3.05, 3.63) is 36.1 Å². The van der Waals surface area contributed by atoms with Crippen LogP contribution in [0.1, 0.15) is 25.7 Å². The molecule has 2 aliphatic rings. The molecule has 11 heteroatoms. The van der Waals surface area contributed by atoms with Crippen molar-refractivity contribution in [2.45, 2.75) is 34.1 Å². The molecule has 1 spiro atoms. The van der Waals surface area contributed by atoms with Crippen molar-refractivity contribution in [3.63, 3.8) is 0 Å². The minimum absolute atomic E-state index is 0.0712. The Morgan fingerprint density at radius 2 is 1.63 bits per heavy atom. The molecule has 4 rings (SSSR count). The number of thiophene rings is 1. The predicted octanol–water partition coefficient (Wildman–Crippen LogP) is 3.32. The number of sulfonamides is 2. The summed E-state index contributed by atoms with van der Waals surface area (Å²) in [4.78, 5) is 1.90. The van der Waals surface area contributed by atoms with E-state index in [-0.39, 0.29) is 19.8 Å². The van der Waals surface area contributed by atoms with Gasteiger partial charge in [-0.05, 0) is 55.4 Å². The molecule has 2 aromatic rings. The molecule has 0 unspecified atom stereocenters. The SMILES string of the molecule is CN(C)S(=O)(=O)c1ccc(S(=O)(=O)Nc2cccc(F)c2N2CCC3(CC2)CC3)s1. The largest absolute Gasteiger partial charge is 0.367 e. The van der Waals surface area contributed by atoms with E-state index in [0.29, 0.717) is 29.8 Å². The highest BCUT2D eigenvalue weighted by molar-refractivity contribution is 7.96. The number of hydrogen-bond acceptors (Lipinski definition) is 6. The lowest BCUT2D eigenvalue weighted by molar-refractivity contribution is 0.382. The van der Waals surface area contributed by atoms with Crippen molar-refractivity contribution in [3.8, 4) is 0 Å². The third-order valence-electron chi connectivity index (χ3n) is 5.89. The van der Waals surface area contributed by atoms with E-state index in [1.807, 2.05) is 4.90 Å². The first kappa shape index (κ1) is 21.5. The molecule has 2 heterocycles. The zero-order valence-electron chi connectivity index (χ0n) is 16.8. The molecule has 0 radical (unpaired) electrons. The molecule has 1 saturated heterocycles. The number of nitrogens with zero attached hydrogens (tertiary/aromatic N) is 2. The summed E-state index contributed by atoms with van der Waals surface area (Å²) in [5.74, 6) is -0.482. The molecule has 0 amide bonds. The maximum atomic E-state index is 14.7. The number of halogens is 1. The number of para-hydroxylation sites is 1. The van der Waals surface area contributed by atoms with Gasteiger partial charge in [-0.3, -0.25) is 4.72 Å². The van der Waals surface area contributed by atoms with Crippen molar-refractivity contribution >= 4 is 42.8 Å². The van der Waals surface area contributed by atoms with Gasteiger partial charge in [-0.25, -0.2) is 25.5 Å². The summed E-state index contributed by atoms with van der Waals surface area (Å²) >= 11 is 0.661. The molecule has 1 aromatic carbocycles. The first-order valence-corrected chi connectivity index (χ1v) is 13.4. The third kappa shape index (κ3) is 3.95. The van der Waals surface area contributed by atoms with Crippen LogP contribution in [0, 0.1) is 11.2 Å². The second-order valence-electron chi connectivity index (χ2n) is 8.09. The molecule has 1 aliphatic heterocycles. The Morgan fingerprint density at radius 3 is 2.23 bits per heavy atom. The van der Waals surface area contributed by atoms with E-state index in [9.17, 15) is 21.2 Å². The lowest BCUT2D eigenvalue weighted by Gasteiger charge is -2.35. The summed E-state index contributed by atoms with van der Waals surface area (Å²) < 4.78 is 68.3. The topological polar surface area (TPSA) is 86.8 Å². The number of rotatable bonds is 6. The predicted molar refractivity (Wildman–Crippen MR) is 116 cm³/mol. The Labute approximate surface area is 180 Å². The second kappa shape index (κ2) is 7.47. The van der Waals surface area contributed by atoms with Crippen LogP contribution in [0.3, 0.4) is 0 Å². The summed E-state index contributed by atoms with van der Waals surface area (Å²) in [7, 11) is -5.05. The maximum Gasteiger partial charge on any atom is 0.271 e.